The third-order valence-corrected chi connectivity index (χ3v) is 11.2. The van der Waals surface area contributed by atoms with E-state index in [4.69, 9.17) is 19.4 Å². The van der Waals surface area contributed by atoms with E-state index in [-0.39, 0.29) is 0 Å². The molecule has 0 N–H and O–H groups in total. The lowest BCUT2D eigenvalue weighted by Gasteiger charge is -2.32. The van der Waals surface area contributed by atoms with Gasteiger partial charge in [-0.3, -0.25) is 4.57 Å². The van der Waals surface area contributed by atoms with E-state index in [1.54, 1.807) is 0 Å². The van der Waals surface area contributed by atoms with Gasteiger partial charge in [0.1, 0.15) is 11.3 Å². The number of ether oxygens (including phenoxy) is 2. The molecule has 278 valence electrons. The number of fused-ring (bicyclic) bond motifs is 7. The van der Waals surface area contributed by atoms with E-state index in [9.17, 15) is 0 Å². The number of anilines is 6. The van der Waals surface area contributed by atoms with Crippen molar-refractivity contribution in [1.29, 1.82) is 0 Å². The lowest BCUT2D eigenvalue weighted by atomic mass is 10.0. The number of hydrogen-bond acceptors (Lipinski definition) is 6. The van der Waals surface area contributed by atoms with Gasteiger partial charge in [-0.25, -0.2) is 9.97 Å². The highest BCUT2D eigenvalue weighted by Gasteiger charge is 2.27. The third-order valence-electron chi connectivity index (χ3n) is 11.2. The zero-order valence-electron chi connectivity index (χ0n) is 31.6. The molecule has 0 unspecified atom stereocenters. The summed E-state index contributed by atoms with van der Waals surface area (Å²) in [4.78, 5) is 14.8. The summed E-state index contributed by atoms with van der Waals surface area (Å²) in [6.07, 6.45) is 3.94. The number of para-hydroxylation sites is 9. The standard InChI is InChI=1S/C52H33N5O2/c1-2-12-38(13-3-1)57-51-41(30-36(32-53-51)34-22-26-39(27-23-34)55-43-14-4-8-18-47(43)58-48-19-9-5-15-44(48)55)42-31-37(33-54-52(42)57)35-24-28-40(29-25-35)56-45-16-6-10-20-49(45)59-50-21-11-7-17-46(50)56/h1-33H. The molecule has 10 aromatic rings. The Hall–Kier alpha value is -8.16. The van der Waals surface area contributed by atoms with Crippen LogP contribution in [0.5, 0.6) is 23.0 Å². The first-order valence-corrected chi connectivity index (χ1v) is 19.6. The molecule has 7 aromatic carbocycles. The highest BCUT2D eigenvalue weighted by atomic mass is 16.5. The summed E-state index contributed by atoms with van der Waals surface area (Å²) in [5, 5.41) is 2.07. The van der Waals surface area contributed by atoms with Gasteiger partial charge in [-0.15, -0.1) is 0 Å². The molecule has 0 radical (unpaired) electrons. The average Bonchev–Trinajstić information content (AvgIpc) is 3.63. The van der Waals surface area contributed by atoms with Crippen molar-refractivity contribution < 1.29 is 9.47 Å². The monoisotopic (exact) mass is 759 g/mol. The van der Waals surface area contributed by atoms with Crippen LogP contribution in [-0.2, 0) is 0 Å². The maximum Gasteiger partial charge on any atom is 0.151 e. The Morgan fingerprint density at radius 3 is 1.07 bits per heavy atom. The van der Waals surface area contributed by atoms with Crippen LogP contribution in [0.3, 0.4) is 0 Å². The molecule has 7 heteroatoms. The molecule has 12 rings (SSSR count). The van der Waals surface area contributed by atoms with E-state index < -0.39 is 0 Å². The summed E-state index contributed by atoms with van der Waals surface area (Å²) in [5.74, 6) is 3.32. The minimum absolute atomic E-state index is 0.831. The molecule has 0 fully saturated rings. The lowest BCUT2D eigenvalue weighted by molar-refractivity contribution is 0.477. The second-order valence-electron chi connectivity index (χ2n) is 14.7. The molecule has 0 spiro atoms. The van der Waals surface area contributed by atoms with E-state index in [1.807, 2.05) is 91.3 Å². The smallest absolute Gasteiger partial charge is 0.151 e. The Morgan fingerprint density at radius 1 is 0.322 bits per heavy atom. The Morgan fingerprint density at radius 2 is 0.678 bits per heavy atom. The van der Waals surface area contributed by atoms with Crippen molar-refractivity contribution in [1.82, 2.24) is 14.5 Å². The van der Waals surface area contributed by atoms with Crippen molar-refractivity contribution in [3.8, 4) is 50.9 Å². The number of hydrogen-bond donors (Lipinski definition) is 0. The third kappa shape index (κ3) is 5.36. The van der Waals surface area contributed by atoms with Crippen LogP contribution in [0.2, 0.25) is 0 Å². The summed E-state index contributed by atoms with van der Waals surface area (Å²) in [7, 11) is 0. The van der Waals surface area contributed by atoms with Gasteiger partial charge in [0.15, 0.2) is 23.0 Å². The summed E-state index contributed by atoms with van der Waals surface area (Å²) in [6, 6.07) is 64.8. The second kappa shape index (κ2) is 13.2. The zero-order valence-corrected chi connectivity index (χ0v) is 31.6. The molecular weight excluding hydrogens is 727 g/mol. The molecule has 2 aliphatic rings. The van der Waals surface area contributed by atoms with Crippen LogP contribution in [0.1, 0.15) is 0 Å². The van der Waals surface area contributed by atoms with Crippen molar-refractivity contribution >= 4 is 56.2 Å². The average molecular weight is 760 g/mol. The minimum Gasteiger partial charge on any atom is -0.453 e. The molecule has 0 amide bonds. The molecule has 0 atom stereocenters. The molecule has 0 aliphatic carbocycles. The van der Waals surface area contributed by atoms with E-state index >= 15 is 0 Å². The Kier molecular flexibility index (Phi) is 7.40. The molecule has 7 nitrogen and oxygen atoms in total. The van der Waals surface area contributed by atoms with Crippen LogP contribution < -0.4 is 19.3 Å². The largest absolute Gasteiger partial charge is 0.453 e. The first-order valence-electron chi connectivity index (χ1n) is 19.6. The van der Waals surface area contributed by atoms with E-state index in [0.717, 1.165) is 107 Å². The number of aromatic nitrogens is 3. The van der Waals surface area contributed by atoms with Crippen molar-refractivity contribution in [3.63, 3.8) is 0 Å². The van der Waals surface area contributed by atoms with Crippen LogP contribution in [0.25, 0.3) is 50.0 Å². The van der Waals surface area contributed by atoms with Gasteiger partial charge in [0.25, 0.3) is 0 Å². The van der Waals surface area contributed by atoms with Crippen LogP contribution in [-0.4, -0.2) is 14.5 Å². The lowest BCUT2D eigenvalue weighted by Crippen LogP contribution is -2.15. The number of pyridine rings is 2. The Labute approximate surface area is 340 Å². The number of nitrogens with zero attached hydrogens (tertiary/aromatic N) is 5. The highest BCUT2D eigenvalue weighted by Crippen LogP contribution is 2.52. The maximum absolute atomic E-state index is 6.26. The van der Waals surface area contributed by atoms with E-state index in [1.165, 1.54) is 0 Å². The van der Waals surface area contributed by atoms with E-state index in [0.29, 0.717) is 0 Å². The topological polar surface area (TPSA) is 55.7 Å². The van der Waals surface area contributed by atoms with Crippen molar-refractivity contribution in [3.05, 3.63) is 200 Å². The van der Waals surface area contributed by atoms with Crippen LogP contribution >= 0.6 is 0 Å². The van der Waals surface area contributed by atoms with Crippen molar-refractivity contribution in [2.75, 3.05) is 9.80 Å². The van der Waals surface area contributed by atoms with Crippen molar-refractivity contribution in [2.24, 2.45) is 0 Å². The summed E-state index contributed by atoms with van der Waals surface area (Å²) in [5.41, 5.74) is 13.1. The maximum atomic E-state index is 6.26. The number of benzene rings is 7. The minimum atomic E-state index is 0.831. The molecule has 0 saturated heterocycles. The fourth-order valence-electron chi connectivity index (χ4n) is 8.48. The van der Waals surface area contributed by atoms with Gasteiger partial charge < -0.3 is 19.3 Å². The Balaban J connectivity index is 0.941. The van der Waals surface area contributed by atoms with Gasteiger partial charge in [0.2, 0.25) is 0 Å². The predicted octanol–water partition coefficient (Wildman–Crippen LogP) is 14.1. The predicted molar refractivity (Wildman–Crippen MR) is 237 cm³/mol. The van der Waals surface area contributed by atoms with Gasteiger partial charge in [-0.2, -0.15) is 0 Å². The van der Waals surface area contributed by atoms with Gasteiger partial charge in [-0.1, -0.05) is 91.0 Å². The fraction of sp³-hybridized carbons (Fsp3) is 0. The molecule has 0 bridgehead atoms. The first-order chi connectivity index (χ1) is 29.2. The summed E-state index contributed by atoms with van der Waals surface area (Å²) in [6.45, 7) is 0. The summed E-state index contributed by atoms with van der Waals surface area (Å²) < 4.78 is 14.7. The summed E-state index contributed by atoms with van der Waals surface area (Å²) >= 11 is 0. The number of rotatable bonds is 5. The molecular formula is C52H33N5O2. The van der Waals surface area contributed by atoms with Crippen LogP contribution in [0.4, 0.5) is 34.1 Å². The normalized spacial score (nSPS) is 12.6. The van der Waals surface area contributed by atoms with Gasteiger partial charge in [-0.05, 0) is 108 Å². The SMILES string of the molecule is c1ccc(-n2c3ncc(-c4ccc(N5c6ccccc6Oc6ccccc65)cc4)cc3c3cc(-c4ccc(N5c6ccccc6Oc6ccccc65)cc4)cnc32)cc1. The van der Waals surface area contributed by atoms with E-state index in [2.05, 4.69) is 124 Å². The quantitative estimate of drug-likeness (QED) is 0.174. The first kappa shape index (κ1) is 33.0. The van der Waals surface area contributed by atoms with Gasteiger partial charge >= 0.3 is 0 Å². The zero-order chi connectivity index (χ0) is 38.9. The highest BCUT2D eigenvalue weighted by molar-refractivity contribution is 6.09. The second-order valence-corrected chi connectivity index (χ2v) is 14.7. The molecule has 0 saturated carbocycles. The fourth-order valence-corrected chi connectivity index (χ4v) is 8.48. The molecule has 5 heterocycles. The van der Waals surface area contributed by atoms with Gasteiger partial charge in [0, 0.05) is 51.4 Å². The van der Waals surface area contributed by atoms with Crippen LogP contribution in [0.15, 0.2) is 200 Å². The van der Waals surface area contributed by atoms with Crippen molar-refractivity contribution in [2.45, 2.75) is 0 Å². The molecule has 2 aliphatic heterocycles. The van der Waals surface area contributed by atoms with Crippen LogP contribution in [0, 0.1) is 0 Å². The Bertz CT molecular complexity index is 2940. The molecule has 59 heavy (non-hydrogen) atoms. The van der Waals surface area contributed by atoms with Gasteiger partial charge in [0.05, 0.1) is 22.7 Å². The molecule has 3 aromatic heterocycles.